The lowest BCUT2D eigenvalue weighted by molar-refractivity contribution is -0.394. The van der Waals surface area contributed by atoms with E-state index in [2.05, 4.69) is 0 Å². The molecular weight excluding hydrogens is 464 g/mol. The van der Waals surface area contributed by atoms with E-state index in [9.17, 15) is 48.3 Å². The van der Waals surface area contributed by atoms with E-state index in [1.807, 2.05) is 0 Å². The molecule has 0 aliphatic carbocycles. The highest BCUT2D eigenvalue weighted by atomic mass is 35.5. The number of rotatable bonds is 6. The summed E-state index contributed by atoms with van der Waals surface area (Å²) in [6.45, 7) is 0. The van der Waals surface area contributed by atoms with Gasteiger partial charge in [0.25, 0.3) is 11.4 Å². The molecular formula is C14H5Cl2F3N4O7. The first-order valence-electron chi connectivity index (χ1n) is 7.21. The second-order valence-electron chi connectivity index (χ2n) is 5.36. The number of carbonyl (C=O) groups is 1. The van der Waals surface area contributed by atoms with Crippen molar-refractivity contribution in [2.75, 3.05) is 4.90 Å². The molecule has 0 unspecified atom stereocenters. The number of nitrogens with zero attached hydrogens (tertiary/aromatic N) is 4. The third-order valence-electron chi connectivity index (χ3n) is 3.61. The number of non-ortho nitro benzene ring substituents is 1. The summed E-state index contributed by atoms with van der Waals surface area (Å²) in [7, 11) is 0. The van der Waals surface area contributed by atoms with Gasteiger partial charge in [0.2, 0.25) is 6.41 Å². The van der Waals surface area contributed by atoms with E-state index in [1.165, 1.54) is 0 Å². The highest BCUT2D eigenvalue weighted by Crippen LogP contribution is 2.48. The average molecular weight is 469 g/mol. The van der Waals surface area contributed by atoms with Crippen LogP contribution in [0.1, 0.15) is 5.56 Å². The summed E-state index contributed by atoms with van der Waals surface area (Å²) in [5.41, 5.74) is -8.09. The van der Waals surface area contributed by atoms with Crippen molar-refractivity contribution in [1.29, 1.82) is 0 Å². The van der Waals surface area contributed by atoms with Crippen molar-refractivity contribution in [3.05, 3.63) is 70.2 Å². The molecule has 1 amide bonds. The lowest BCUT2D eigenvalue weighted by Crippen LogP contribution is -2.22. The van der Waals surface area contributed by atoms with Crippen LogP contribution >= 0.6 is 23.2 Å². The first-order valence-corrected chi connectivity index (χ1v) is 7.97. The SMILES string of the molecule is O=CN(c1cc(Cl)c(Cl)cc1[N+](=O)[O-])c1c([N+](=O)[O-])cc([N+](=O)[O-])cc1C(F)(F)F. The molecule has 0 aromatic heterocycles. The molecule has 0 aliphatic rings. The zero-order valence-corrected chi connectivity index (χ0v) is 15.4. The second kappa shape index (κ2) is 8.08. The third-order valence-corrected chi connectivity index (χ3v) is 4.33. The Kier molecular flexibility index (Phi) is 6.13. The van der Waals surface area contributed by atoms with Crippen LogP contribution in [-0.2, 0) is 11.0 Å². The van der Waals surface area contributed by atoms with Gasteiger partial charge in [-0.2, -0.15) is 13.2 Å². The van der Waals surface area contributed by atoms with E-state index in [0.717, 1.165) is 0 Å². The zero-order chi connectivity index (χ0) is 23.0. The molecule has 11 nitrogen and oxygen atoms in total. The van der Waals surface area contributed by atoms with Crippen LogP contribution in [0.3, 0.4) is 0 Å². The van der Waals surface area contributed by atoms with Crippen molar-refractivity contribution in [3.63, 3.8) is 0 Å². The van der Waals surface area contributed by atoms with Gasteiger partial charge in [-0.05, 0) is 6.07 Å². The van der Waals surface area contributed by atoms with Crippen molar-refractivity contribution in [2.24, 2.45) is 0 Å². The van der Waals surface area contributed by atoms with E-state index >= 15 is 0 Å². The quantitative estimate of drug-likeness (QED) is 0.327. The van der Waals surface area contributed by atoms with Gasteiger partial charge in [0.05, 0.1) is 36.4 Å². The van der Waals surface area contributed by atoms with Crippen LogP contribution in [0.2, 0.25) is 10.0 Å². The first kappa shape index (κ1) is 22.8. The van der Waals surface area contributed by atoms with Gasteiger partial charge in [-0.15, -0.1) is 0 Å². The largest absolute Gasteiger partial charge is 0.418 e. The minimum atomic E-state index is -5.42. The molecule has 0 saturated carbocycles. The minimum absolute atomic E-state index is 0.0395. The molecule has 0 bridgehead atoms. The number of hydrogen-bond acceptors (Lipinski definition) is 7. The van der Waals surface area contributed by atoms with Crippen molar-refractivity contribution in [3.8, 4) is 0 Å². The van der Waals surface area contributed by atoms with Gasteiger partial charge in [0.1, 0.15) is 11.4 Å². The molecule has 0 saturated heterocycles. The molecule has 30 heavy (non-hydrogen) atoms. The molecule has 2 aromatic rings. The predicted molar refractivity (Wildman–Crippen MR) is 96.1 cm³/mol. The molecule has 2 aromatic carbocycles. The van der Waals surface area contributed by atoms with Crippen molar-refractivity contribution < 1.29 is 32.7 Å². The van der Waals surface area contributed by atoms with Gasteiger partial charge in [0.15, 0.2) is 0 Å². The lowest BCUT2D eigenvalue weighted by Gasteiger charge is -2.22. The normalized spacial score (nSPS) is 11.1. The lowest BCUT2D eigenvalue weighted by atomic mass is 10.1. The molecule has 158 valence electrons. The molecule has 0 atom stereocenters. The molecule has 2 rings (SSSR count). The summed E-state index contributed by atoms with van der Waals surface area (Å²) >= 11 is 11.4. The van der Waals surface area contributed by atoms with Gasteiger partial charge in [-0.25, -0.2) is 0 Å². The Hall–Kier alpha value is -3.52. The maximum atomic E-state index is 13.6. The standard InChI is InChI=1S/C14H5Cl2F3N4O7/c15-8-3-10(11(22(27)28)4-9(8)16)20(5-24)13-7(14(17,18)19)1-6(21(25)26)2-12(13)23(29)30/h1-5H. The van der Waals surface area contributed by atoms with Crippen LogP contribution in [-0.4, -0.2) is 21.2 Å². The Morgan fingerprint density at radius 3 is 1.83 bits per heavy atom. The van der Waals surface area contributed by atoms with Crippen LogP contribution < -0.4 is 4.90 Å². The fraction of sp³-hybridized carbons (Fsp3) is 0.0714. The third kappa shape index (κ3) is 4.23. The molecule has 0 heterocycles. The summed E-state index contributed by atoms with van der Waals surface area (Å²) in [4.78, 5) is 41.3. The number of nitro groups is 3. The van der Waals surface area contributed by atoms with Crippen molar-refractivity contribution in [1.82, 2.24) is 0 Å². The van der Waals surface area contributed by atoms with E-state index in [0.29, 0.717) is 12.1 Å². The Balaban J connectivity index is 3.02. The number of hydrogen-bond donors (Lipinski definition) is 0. The Labute approximate surface area is 172 Å². The highest BCUT2D eigenvalue weighted by molar-refractivity contribution is 6.42. The minimum Gasteiger partial charge on any atom is -0.278 e. The predicted octanol–water partition coefficient (Wildman–Crippen LogP) is 5.03. The second-order valence-corrected chi connectivity index (χ2v) is 6.17. The van der Waals surface area contributed by atoms with E-state index < -0.39 is 60.0 Å². The van der Waals surface area contributed by atoms with Gasteiger partial charge in [-0.3, -0.25) is 40.0 Å². The fourth-order valence-corrected chi connectivity index (χ4v) is 2.73. The van der Waals surface area contributed by atoms with Crippen LogP contribution in [0.4, 0.5) is 41.6 Å². The average Bonchev–Trinajstić information content (AvgIpc) is 2.63. The molecule has 16 heteroatoms. The number of alkyl halides is 3. The van der Waals surface area contributed by atoms with Gasteiger partial charge >= 0.3 is 11.9 Å². The van der Waals surface area contributed by atoms with Crippen LogP contribution in [0.15, 0.2) is 24.3 Å². The summed E-state index contributed by atoms with van der Waals surface area (Å²) in [5, 5.41) is 32.8. The molecule has 0 fully saturated rings. The molecule has 0 radical (unpaired) electrons. The Morgan fingerprint density at radius 1 is 0.867 bits per heavy atom. The summed E-state index contributed by atoms with van der Waals surface area (Å²) in [6.07, 6.45) is -5.78. The molecule has 0 N–H and O–H groups in total. The molecule has 0 aliphatic heterocycles. The maximum Gasteiger partial charge on any atom is 0.418 e. The Morgan fingerprint density at radius 2 is 1.40 bits per heavy atom. The smallest absolute Gasteiger partial charge is 0.278 e. The maximum absolute atomic E-state index is 13.6. The highest BCUT2D eigenvalue weighted by Gasteiger charge is 2.43. The topological polar surface area (TPSA) is 150 Å². The summed E-state index contributed by atoms with van der Waals surface area (Å²) in [5.74, 6) is 0. The molecule has 0 spiro atoms. The van der Waals surface area contributed by atoms with Crippen LogP contribution in [0, 0.1) is 30.3 Å². The monoisotopic (exact) mass is 468 g/mol. The Bertz CT molecular complexity index is 1090. The number of halogens is 5. The number of anilines is 2. The zero-order valence-electron chi connectivity index (χ0n) is 13.9. The summed E-state index contributed by atoms with van der Waals surface area (Å²) < 4.78 is 40.7. The van der Waals surface area contributed by atoms with Gasteiger partial charge in [-0.1, -0.05) is 23.2 Å². The van der Waals surface area contributed by atoms with E-state index in [-0.39, 0.29) is 28.5 Å². The van der Waals surface area contributed by atoms with Crippen molar-refractivity contribution >= 4 is 58.0 Å². The van der Waals surface area contributed by atoms with Crippen LogP contribution in [0.5, 0.6) is 0 Å². The van der Waals surface area contributed by atoms with Crippen molar-refractivity contribution in [2.45, 2.75) is 6.18 Å². The number of carbonyl (C=O) groups excluding carboxylic acids is 1. The fourth-order valence-electron chi connectivity index (χ4n) is 2.41. The van der Waals surface area contributed by atoms with Crippen LogP contribution in [0.25, 0.3) is 0 Å². The first-order chi connectivity index (χ1) is 13.8. The van der Waals surface area contributed by atoms with E-state index in [1.54, 1.807) is 0 Å². The number of nitro benzene ring substituents is 3. The number of benzene rings is 2. The van der Waals surface area contributed by atoms with Gasteiger partial charge in [0, 0.05) is 12.1 Å². The van der Waals surface area contributed by atoms with E-state index in [4.69, 9.17) is 23.2 Å². The summed E-state index contributed by atoms with van der Waals surface area (Å²) in [6, 6.07) is 1.43. The number of amides is 1. The van der Waals surface area contributed by atoms with Gasteiger partial charge < -0.3 is 0 Å².